The van der Waals surface area contributed by atoms with Crippen molar-refractivity contribution in [3.05, 3.63) is 23.7 Å². The summed E-state index contributed by atoms with van der Waals surface area (Å²) in [5.74, 6) is 1.79. The van der Waals surface area contributed by atoms with Gasteiger partial charge < -0.3 is 10.2 Å². The topological polar surface area (TPSA) is 28.2 Å². The van der Waals surface area contributed by atoms with E-state index >= 15 is 0 Å². The lowest BCUT2D eigenvalue weighted by Gasteiger charge is -2.19. The van der Waals surface area contributed by atoms with Crippen molar-refractivity contribution in [1.82, 2.24) is 10.3 Å². The Bertz CT molecular complexity index is 492. The predicted octanol–water partition coefficient (Wildman–Crippen LogP) is 2.98. The summed E-state index contributed by atoms with van der Waals surface area (Å²) in [5, 5.41) is 6.84. The number of pyridine rings is 1. The zero-order valence-corrected chi connectivity index (χ0v) is 12.1. The van der Waals surface area contributed by atoms with E-state index in [4.69, 9.17) is 0 Å². The van der Waals surface area contributed by atoms with Gasteiger partial charge in [-0.25, -0.2) is 4.98 Å². The molecule has 0 bridgehead atoms. The maximum Gasteiger partial charge on any atom is 0.137 e. The number of rotatable bonds is 6. The Morgan fingerprint density at radius 2 is 2.22 bits per heavy atom. The number of likely N-dealkylation sites (N-methyl/N-ethyl adjacent to an activating group) is 1. The van der Waals surface area contributed by atoms with E-state index in [0.717, 1.165) is 25.5 Å². The van der Waals surface area contributed by atoms with Crippen LogP contribution in [0.5, 0.6) is 0 Å². The molecule has 0 amide bonds. The second kappa shape index (κ2) is 6.16. The minimum atomic E-state index is 0.703. The van der Waals surface area contributed by atoms with Gasteiger partial charge in [0.15, 0.2) is 0 Å². The van der Waals surface area contributed by atoms with Crippen molar-refractivity contribution >= 4 is 27.2 Å². The number of hydrogen-bond acceptors (Lipinski definition) is 4. The average Bonchev–Trinajstić information content (AvgIpc) is 2.82. The lowest BCUT2D eigenvalue weighted by Crippen LogP contribution is -2.31. The molecule has 0 atom stereocenters. The van der Waals surface area contributed by atoms with Crippen LogP contribution in [-0.2, 0) is 0 Å². The molecule has 0 aliphatic carbocycles. The largest absolute Gasteiger partial charge is 0.358 e. The van der Waals surface area contributed by atoms with Crippen molar-refractivity contribution in [3.63, 3.8) is 0 Å². The van der Waals surface area contributed by atoms with Crippen molar-refractivity contribution in [2.75, 3.05) is 31.6 Å². The smallest absolute Gasteiger partial charge is 0.137 e. The summed E-state index contributed by atoms with van der Waals surface area (Å²) in [6, 6.07) is 4.23. The molecule has 0 aliphatic rings. The molecule has 0 aliphatic heterocycles. The number of thiophene rings is 1. The summed E-state index contributed by atoms with van der Waals surface area (Å²) in [6.45, 7) is 7.50. The second-order valence-electron chi connectivity index (χ2n) is 4.99. The van der Waals surface area contributed by atoms with Gasteiger partial charge in [-0.15, -0.1) is 11.3 Å². The standard InChI is InChI=1S/C14H21N3S/c1-11(2)10-15-7-8-17(3)14-12-5-9-18-13(12)4-6-16-14/h4-6,9,11,15H,7-8,10H2,1-3H3. The summed E-state index contributed by atoms with van der Waals surface area (Å²) in [7, 11) is 2.11. The van der Waals surface area contributed by atoms with E-state index in [9.17, 15) is 0 Å². The maximum atomic E-state index is 4.50. The van der Waals surface area contributed by atoms with Gasteiger partial charge in [-0.3, -0.25) is 0 Å². The molecular weight excluding hydrogens is 242 g/mol. The zero-order valence-electron chi connectivity index (χ0n) is 11.3. The van der Waals surface area contributed by atoms with Crippen LogP contribution >= 0.6 is 11.3 Å². The third kappa shape index (κ3) is 3.21. The van der Waals surface area contributed by atoms with Crippen LogP contribution in [0.4, 0.5) is 5.82 Å². The molecule has 0 saturated carbocycles. The molecule has 18 heavy (non-hydrogen) atoms. The number of nitrogens with one attached hydrogen (secondary N) is 1. The third-order valence-corrected chi connectivity index (χ3v) is 3.78. The van der Waals surface area contributed by atoms with Crippen LogP contribution in [0.3, 0.4) is 0 Å². The first-order valence-corrected chi connectivity index (χ1v) is 7.30. The van der Waals surface area contributed by atoms with Gasteiger partial charge in [-0.2, -0.15) is 0 Å². The number of aromatic nitrogens is 1. The molecule has 2 rings (SSSR count). The predicted molar refractivity (Wildman–Crippen MR) is 80.6 cm³/mol. The van der Waals surface area contributed by atoms with Gasteiger partial charge in [0.25, 0.3) is 0 Å². The van der Waals surface area contributed by atoms with E-state index in [1.165, 1.54) is 10.1 Å². The van der Waals surface area contributed by atoms with Gasteiger partial charge in [-0.05, 0) is 30.0 Å². The Balaban J connectivity index is 1.96. The molecule has 1 N–H and O–H groups in total. The fraction of sp³-hybridized carbons (Fsp3) is 0.500. The average molecular weight is 263 g/mol. The Morgan fingerprint density at radius 3 is 3.00 bits per heavy atom. The second-order valence-corrected chi connectivity index (χ2v) is 5.93. The first-order chi connectivity index (χ1) is 8.68. The molecule has 0 aromatic carbocycles. The number of fused-ring (bicyclic) bond motifs is 1. The summed E-state index contributed by atoms with van der Waals surface area (Å²) in [4.78, 5) is 6.72. The molecule has 0 fully saturated rings. The fourth-order valence-electron chi connectivity index (χ4n) is 1.93. The van der Waals surface area contributed by atoms with Gasteiger partial charge in [-0.1, -0.05) is 13.8 Å². The van der Waals surface area contributed by atoms with Crippen LogP contribution in [0.25, 0.3) is 10.1 Å². The summed E-state index contributed by atoms with van der Waals surface area (Å²) in [6.07, 6.45) is 1.90. The fourth-order valence-corrected chi connectivity index (χ4v) is 2.70. The summed E-state index contributed by atoms with van der Waals surface area (Å²) >= 11 is 1.77. The Kier molecular flexibility index (Phi) is 4.55. The van der Waals surface area contributed by atoms with Gasteiger partial charge in [0.2, 0.25) is 0 Å². The lowest BCUT2D eigenvalue weighted by atomic mass is 10.2. The molecule has 2 aromatic heterocycles. The SMILES string of the molecule is CC(C)CNCCN(C)c1nccc2sccc12. The molecule has 98 valence electrons. The quantitative estimate of drug-likeness (QED) is 0.812. The number of nitrogens with zero attached hydrogens (tertiary/aromatic N) is 2. The first kappa shape index (κ1) is 13.3. The van der Waals surface area contributed by atoms with Crippen LogP contribution < -0.4 is 10.2 Å². The highest BCUT2D eigenvalue weighted by Crippen LogP contribution is 2.27. The van der Waals surface area contributed by atoms with Gasteiger partial charge in [0.05, 0.1) is 0 Å². The Morgan fingerprint density at radius 1 is 1.39 bits per heavy atom. The molecule has 0 unspecified atom stereocenters. The Labute approximate surface area is 113 Å². The highest BCUT2D eigenvalue weighted by Gasteiger charge is 2.07. The van der Waals surface area contributed by atoms with Crippen molar-refractivity contribution in [2.24, 2.45) is 5.92 Å². The molecule has 0 spiro atoms. The Hall–Kier alpha value is -1.13. The minimum absolute atomic E-state index is 0.703. The number of anilines is 1. The van der Waals surface area contributed by atoms with E-state index in [-0.39, 0.29) is 0 Å². The molecule has 0 saturated heterocycles. The first-order valence-electron chi connectivity index (χ1n) is 6.42. The number of hydrogen-bond donors (Lipinski definition) is 1. The third-order valence-electron chi connectivity index (χ3n) is 2.90. The van der Waals surface area contributed by atoms with E-state index < -0.39 is 0 Å². The van der Waals surface area contributed by atoms with Crippen LogP contribution in [0, 0.1) is 5.92 Å². The van der Waals surface area contributed by atoms with Crippen LogP contribution in [0.1, 0.15) is 13.8 Å². The summed E-state index contributed by atoms with van der Waals surface area (Å²) in [5.41, 5.74) is 0. The van der Waals surface area contributed by atoms with Crippen LogP contribution in [0.15, 0.2) is 23.7 Å². The molecule has 0 radical (unpaired) electrons. The normalized spacial score (nSPS) is 11.3. The van der Waals surface area contributed by atoms with Crippen molar-refractivity contribution in [2.45, 2.75) is 13.8 Å². The van der Waals surface area contributed by atoms with E-state index in [1.807, 2.05) is 6.20 Å². The minimum Gasteiger partial charge on any atom is -0.358 e. The van der Waals surface area contributed by atoms with Crippen LogP contribution in [-0.4, -0.2) is 31.7 Å². The van der Waals surface area contributed by atoms with E-state index in [0.29, 0.717) is 5.92 Å². The molecule has 4 heteroatoms. The molecule has 3 nitrogen and oxygen atoms in total. The van der Waals surface area contributed by atoms with Crippen LogP contribution in [0.2, 0.25) is 0 Å². The highest BCUT2D eigenvalue weighted by atomic mass is 32.1. The molecular formula is C14H21N3S. The monoisotopic (exact) mass is 263 g/mol. The van der Waals surface area contributed by atoms with Crippen molar-refractivity contribution in [3.8, 4) is 0 Å². The maximum absolute atomic E-state index is 4.50. The highest BCUT2D eigenvalue weighted by molar-refractivity contribution is 7.17. The van der Waals surface area contributed by atoms with Gasteiger partial charge in [0, 0.05) is 36.4 Å². The van der Waals surface area contributed by atoms with Gasteiger partial charge in [0.1, 0.15) is 5.82 Å². The van der Waals surface area contributed by atoms with E-state index in [2.05, 4.69) is 53.6 Å². The van der Waals surface area contributed by atoms with Gasteiger partial charge >= 0.3 is 0 Å². The lowest BCUT2D eigenvalue weighted by molar-refractivity contribution is 0.554. The summed E-state index contributed by atoms with van der Waals surface area (Å²) < 4.78 is 1.31. The molecule has 2 aromatic rings. The van der Waals surface area contributed by atoms with Crippen molar-refractivity contribution < 1.29 is 0 Å². The molecule has 2 heterocycles. The van der Waals surface area contributed by atoms with E-state index in [1.54, 1.807) is 11.3 Å². The zero-order chi connectivity index (χ0) is 13.0. The van der Waals surface area contributed by atoms with Crippen molar-refractivity contribution in [1.29, 1.82) is 0 Å².